The van der Waals surface area contributed by atoms with E-state index in [0.717, 1.165) is 31.9 Å². The molecule has 0 aliphatic heterocycles. The number of carbonyl (C=O) groups excluding carboxylic acids is 2. The second-order valence-corrected chi connectivity index (χ2v) is 12.8. The van der Waals surface area contributed by atoms with Gasteiger partial charge in [-0.3, -0.25) is 13.9 Å². The summed E-state index contributed by atoms with van der Waals surface area (Å²) in [5.41, 5.74) is 1.04. The Bertz CT molecular complexity index is 1230. The van der Waals surface area contributed by atoms with Crippen LogP contribution in [0, 0.1) is 0 Å². The van der Waals surface area contributed by atoms with Crippen LogP contribution in [0.15, 0.2) is 42.5 Å². The van der Waals surface area contributed by atoms with Gasteiger partial charge in [-0.05, 0) is 69.5 Å². The van der Waals surface area contributed by atoms with Crippen LogP contribution in [0.2, 0.25) is 10.0 Å². The Hall–Kier alpha value is -2.49. The zero-order chi connectivity index (χ0) is 29.3. The van der Waals surface area contributed by atoms with Crippen molar-refractivity contribution in [2.75, 3.05) is 23.7 Å². The normalized spacial score (nSPS) is 14.8. The molecule has 3 rings (SSSR count). The highest BCUT2D eigenvalue weighted by Crippen LogP contribution is 2.28. The standard InChI is InChI=1S/C29H39Cl2N3O5S/c1-4-39-24-17-15-23(16-18-24)34(40(3,37)38)19-9-14-28(35)33(20-25-26(30)12-8-13-27(25)31)21(2)29(36)32-22-10-6-5-7-11-22/h8,12-13,15-18,21-22H,4-7,9-11,14,19-20H2,1-3H3,(H,32,36)/t21-/m1/s1. The van der Waals surface area contributed by atoms with Crippen molar-refractivity contribution in [1.29, 1.82) is 0 Å². The molecule has 0 radical (unpaired) electrons. The van der Waals surface area contributed by atoms with Gasteiger partial charge in [-0.15, -0.1) is 0 Å². The van der Waals surface area contributed by atoms with Gasteiger partial charge in [0.15, 0.2) is 0 Å². The zero-order valence-corrected chi connectivity index (χ0v) is 25.7. The van der Waals surface area contributed by atoms with Crippen molar-refractivity contribution in [3.8, 4) is 5.75 Å². The predicted octanol–water partition coefficient (Wildman–Crippen LogP) is 5.80. The van der Waals surface area contributed by atoms with E-state index < -0.39 is 16.1 Å². The zero-order valence-electron chi connectivity index (χ0n) is 23.4. The minimum absolute atomic E-state index is 0.0339. The van der Waals surface area contributed by atoms with Crippen LogP contribution >= 0.6 is 23.2 Å². The maximum atomic E-state index is 13.6. The number of anilines is 1. The van der Waals surface area contributed by atoms with E-state index in [1.165, 1.54) is 15.6 Å². The van der Waals surface area contributed by atoms with Gasteiger partial charge in [0.2, 0.25) is 21.8 Å². The van der Waals surface area contributed by atoms with E-state index in [-0.39, 0.29) is 43.8 Å². The molecule has 2 aromatic rings. The fourth-order valence-electron chi connectivity index (χ4n) is 4.88. The van der Waals surface area contributed by atoms with Crippen LogP contribution in [0.25, 0.3) is 0 Å². The van der Waals surface area contributed by atoms with E-state index in [1.54, 1.807) is 49.4 Å². The minimum atomic E-state index is -3.60. The monoisotopic (exact) mass is 611 g/mol. The number of nitrogens with zero attached hydrogens (tertiary/aromatic N) is 2. The highest BCUT2D eigenvalue weighted by molar-refractivity contribution is 7.92. The average Bonchev–Trinajstić information content (AvgIpc) is 2.91. The summed E-state index contributed by atoms with van der Waals surface area (Å²) < 4.78 is 31.9. The maximum Gasteiger partial charge on any atom is 0.242 e. The second-order valence-electron chi connectivity index (χ2n) is 10.1. The molecule has 0 bridgehead atoms. The van der Waals surface area contributed by atoms with Gasteiger partial charge in [-0.25, -0.2) is 8.42 Å². The van der Waals surface area contributed by atoms with Crippen molar-refractivity contribution in [2.45, 2.75) is 77.4 Å². The number of hydrogen-bond acceptors (Lipinski definition) is 5. The summed E-state index contributed by atoms with van der Waals surface area (Å²) in [6.07, 6.45) is 6.58. The fraction of sp³-hybridized carbons (Fsp3) is 0.517. The van der Waals surface area contributed by atoms with Gasteiger partial charge in [0.25, 0.3) is 0 Å². The van der Waals surface area contributed by atoms with Crippen LogP contribution in [0.1, 0.15) is 64.4 Å². The van der Waals surface area contributed by atoms with Crippen molar-refractivity contribution in [3.05, 3.63) is 58.1 Å². The maximum absolute atomic E-state index is 13.6. The fourth-order valence-corrected chi connectivity index (χ4v) is 6.37. The van der Waals surface area contributed by atoms with Gasteiger partial charge in [-0.1, -0.05) is 48.5 Å². The van der Waals surface area contributed by atoms with Gasteiger partial charge in [0, 0.05) is 41.2 Å². The largest absolute Gasteiger partial charge is 0.494 e. The number of nitrogens with one attached hydrogen (secondary N) is 1. The summed E-state index contributed by atoms with van der Waals surface area (Å²) in [4.78, 5) is 28.3. The first-order valence-corrected chi connectivity index (χ1v) is 16.3. The Morgan fingerprint density at radius 3 is 2.25 bits per heavy atom. The molecule has 2 aromatic carbocycles. The molecule has 1 aliphatic carbocycles. The lowest BCUT2D eigenvalue weighted by Crippen LogP contribution is -2.50. The number of halogens is 2. The highest BCUT2D eigenvalue weighted by Gasteiger charge is 2.29. The molecule has 0 unspecified atom stereocenters. The quantitative estimate of drug-likeness (QED) is 0.308. The molecule has 0 saturated heterocycles. The first-order chi connectivity index (χ1) is 19.0. The SMILES string of the molecule is CCOc1ccc(N(CCCC(=O)N(Cc2c(Cl)cccc2Cl)[C@H](C)C(=O)NC2CCCCC2)S(C)(=O)=O)cc1. The first-order valence-electron chi connectivity index (χ1n) is 13.7. The summed E-state index contributed by atoms with van der Waals surface area (Å²) in [7, 11) is -3.60. The topological polar surface area (TPSA) is 96.0 Å². The molecule has 11 heteroatoms. The number of sulfonamides is 1. The highest BCUT2D eigenvalue weighted by atomic mass is 35.5. The van der Waals surface area contributed by atoms with Crippen molar-refractivity contribution >= 4 is 50.7 Å². The van der Waals surface area contributed by atoms with E-state index in [9.17, 15) is 18.0 Å². The third-order valence-electron chi connectivity index (χ3n) is 7.10. The van der Waals surface area contributed by atoms with E-state index >= 15 is 0 Å². The molecule has 8 nitrogen and oxygen atoms in total. The van der Waals surface area contributed by atoms with E-state index in [0.29, 0.717) is 33.7 Å². The summed E-state index contributed by atoms with van der Waals surface area (Å²) in [6, 6.07) is 11.2. The summed E-state index contributed by atoms with van der Waals surface area (Å²) >= 11 is 12.8. The number of amides is 2. The van der Waals surface area contributed by atoms with Gasteiger partial charge >= 0.3 is 0 Å². The molecule has 1 atom stereocenters. The number of rotatable bonds is 13. The van der Waals surface area contributed by atoms with Crippen molar-refractivity contribution in [1.82, 2.24) is 10.2 Å². The molecular formula is C29H39Cl2N3O5S. The van der Waals surface area contributed by atoms with Crippen LogP contribution < -0.4 is 14.4 Å². The lowest BCUT2D eigenvalue weighted by Gasteiger charge is -2.32. The van der Waals surface area contributed by atoms with Gasteiger partial charge in [0.05, 0.1) is 18.6 Å². The number of carbonyl (C=O) groups is 2. The molecule has 220 valence electrons. The van der Waals surface area contributed by atoms with Crippen LogP contribution in [0.3, 0.4) is 0 Å². The van der Waals surface area contributed by atoms with Crippen LogP contribution in [0.5, 0.6) is 5.75 Å². The van der Waals surface area contributed by atoms with E-state index in [4.69, 9.17) is 27.9 Å². The lowest BCUT2D eigenvalue weighted by molar-refractivity contribution is -0.141. The van der Waals surface area contributed by atoms with Gasteiger partial charge in [-0.2, -0.15) is 0 Å². The van der Waals surface area contributed by atoms with Crippen molar-refractivity contribution in [2.24, 2.45) is 0 Å². The van der Waals surface area contributed by atoms with Gasteiger partial charge in [0.1, 0.15) is 11.8 Å². The molecule has 1 aliphatic rings. The number of ether oxygens (including phenoxy) is 1. The Kier molecular flexibility index (Phi) is 12.0. The molecule has 1 fully saturated rings. The Labute approximate surface area is 248 Å². The summed E-state index contributed by atoms with van der Waals surface area (Å²) in [6.45, 7) is 4.23. The Morgan fingerprint density at radius 2 is 1.68 bits per heavy atom. The van der Waals surface area contributed by atoms with Crippen LogP contribution in [-0.4, -0.2) is 56.6 Å². The lowest BCUT2D eigenvalue weighted by atomic mass is 9.95. The molecule has 1 N–H and O–H groups in total. The third-order valence-corrected chi connectivity index (χ3v) is 9.00. The van der Waals surface area contributed by atoms with E-state index in [1.807, 2.05) is 6.92 Å². The molecule has 0 aromatic heterocycles. The molecule has 0 heterocycles. The van der Waals surface area contributed by atoms with E-state index in [2.05, 4.69) is 5.32 Å². The summed E-state index contributed by atoms with van der Waals surface area (Å²) in [5, 5.41) is 3.91. The smallest absolute Gasteiger partial charge is 0.242 e. The molecule has 40 heavy (non-hydrogen) atoms. The van der Waals surface area contributed by atoms with Crippen LogP contribution in [-0.2, 0) is 26.2 Å². The third kappa shape index (κ3) is 9.01. The van der Waals surface area contributed by atoms with Crippen molar-refractivity contribution in [3.63, 3.8) is 0 Å². The molecule has 2 amide bonds. The van der Waals surface area contributed by atoms with Crippen LogP contribution in [0.4, 0.5) is 5.69 Å². The number of benzene rings is 2. The summed E-state index contributed by atoms with van der Waals surface area (Å²) in [5.74, 6) is 0.127. The Morgan fingerprint density at radius 1 is 1.05 bits per heavy atom. The average molecular weight is 613 g/mol. The first kappa shape index (κ1) is 32.0. The predicted molar refractivity (Wildman–Crippen MR) is 161 cm³/mol. The number of hydrogen-bond donors (Lipinski definition) is 1. The van der Waals surface area contributed by atoms with Crippen molar-refractivity contribution < 1.29 is 22.7 Å². The molecule has 0 spiro atoms. The Balaban J connectivity index is 1.74. The van der Waals surface area contributed by atoms with Gasteiger partial charge < -0.3 is 15.0 Å². The minimum Gasteiger partial charge on any atom is -0.494 e. The molecular weight excluding hydrogens is 573 g/mol. The molecule has 1 saturated carbocycles. The second kappa shape index (κ2) is 14.9.